The van der Waals surface area contributed by atoms with Crippen molar-refractivity contribution in [3.63, 3.8) is 0 Å². The maximum atomic E-state index is 13.9. The van der Waals surface area contributed by atoms with Crippen LogP contribution in [0.1, 0.15) is 54.4 Å². The Morgan fingerprint density at radius 3 is 2.49 bits per heavy atom. The normalized spacial score (nSPS) is 14.8. The van der Waals surface area contributed by atoms with Gasteiger partial charge in [0, 0.05) is 14.6 Å². The molecule has 0 fully saturated rings. The number of halogens is 2. The average molecular weight is 627 g/mol. The average Bonchev–Trinajstić information content (AvgIpc) is 3.18. The fourth-order valence-electron chi connectivity index (χ4n) is 4.56. The highest BCUT2D eigenvalue weighted by atomic mass is 79.9. The number of rotatable bonds is 8. The summed E-state index contributed by atoms with van der Waals surface area (Å²) in [6.07, 6.45) is 1.95. The standard InChI is InChI=1S/C29H25Br2NO5/c1-3-5-13-36-23-11-9-17(14-24(23)35-4-2)26-25-27(33)21-16-19(31)10-12-22(21)37-28(25)29(34)32(26)20-8-6-7-18(30)15-20/h6-12,14-16,26H,3-5,13H2,1-2H3. The van der Waals surface area contributed by atoms with Crippen molar-refractivity contribution in [2.75, 3.05) is 18.1 Å². The minimum atomic E-state index is -0.708. The number of carbonyl (C=O) groups is 1. The number of nitrogens with zero attached hydrogens (tertiary/aromatic N) is 1. The number of hydrogen-bond donors (Lipinski definition) is 0. The van der Waals surface area contributed by atoms with Crippen molar-refractivity contribution >= 4 is 54.4 Å². The quantitative estimate of drug-likeness (QED) is 0.188. The second-order valence-electron chi connectivity index (χ2n) is 8.71. The summed E-state index contributed by atoms with van der Waals surface area (Å²) < 4.78 is 19.5. The van der Waals surface area contributed by atoms with Crippen LogP contribution < -0.4 is 19.8 Å². The van der Waals surface area contributed by atoms with E-state index in [1.807, 2.05) is 49.4 Å². The lowest BCUT2D eigenvalue weighted by Crippen LogP contribution is -2.29. The lowest BCUT2D eigenvalue weighted by molar-refractivity contribution is 0.0971. The Morgan fingerprint density at radius 1 is 0.919 bits per heavy atom. The highest BCUT2D eigenvalue weighted by molar-refractivity contribution is 9.10. The van der Waals surface area contributed by atoms with Crippen molar-refractivity contribution in [2.24, 2.45) is 0 Å². The topological polar surface area (TPSA) is 69.0 Å². The number of carbonyl (C=O) groups excluding carboxylic acids is 1. The van der Waals surface area contributed by atoms with E-state index in [1.54, 1.807) is 23.1 Å². The first kappa shape index (κ1) is 25.5. The molecule has 0 saturated carbocycles. The van der Waals surface area contributed by atoms with Crippen LogP contribution >= 0.6 is 31.9 Å². The van der Waals surface area contributed by atoms with Crippen molar-refractivity contribution in [3.8, 4) is 11.5 Å². The fraction of sp³-hybridized carbons (Fsp3) is 0.241. The Balaban J connectivity index is 1.72. The van der Waals surface area contributed by atoms with Crippen molar-refractivity contribution < 1.29 is 18.7 Å². The largest absolute Gasteiger partial charge is 0.490 e. The number of benzene rings is 3. The van der Waals surface area contributed by atoms with Gasteiger partial charge in [-0.05, 0) is 67.4 Å². The molecule has 0 radical (unpaired) electrons. The first-order valence-electron chi connectivity index (χ1n) is 12.2. The molecule has 6 nitrogen and oxygen atoms in total. The summed E-state index contributed by atoms with van der Waals surface area (Å²) in [6, 6.07) is 17.5. The van der Waals surface area contributed by atoms with E-state index in [0.29, 0.717) is 46.9 Å². The third-order valence-corrected chi connectivity index (χ3v) is 7.24. The zero-order valence-corrected chi connectivity index (χ0v) is 23.6. The van der Waals surface area contributed by atoms with E-state index in [0.717, 1.165) is 27.4 Å². The van der Waals surface area contributed by atoms with Crippen LogP contribution in [0.25, 0.3) is 11.0 Å². The molecule has 4 aromatic rings. The van der Waals surface area contributed by atoms with E-state index in [9.17, 15) is 9.59 Å². The van der Waals surface area contributed by atoms with Crippen molar-refractivity contribution in [2.45, 2.75) is 32.7 Å². The molecule has 3 aromatic carbocycles. The Morgan fingerprint density at radius 2 is 1.73 bits per heavy atom. The zero-order chi connectivity index (χ0) is 26.1. The van der Waals surface area contributed by atoms with Crippen LogP contribution in [0.3, 0.4) is 0 Å². The number of amides is 1. The maximum absolute atomic E-state index is 13.9. The number of hydrogen-bond acceptors (Lipinski definition) is 5. The fourth-order valence-corrected chi connectivity index (χ4v) is 5.31. The molecule has 0 spiro atoms. The van der Waals surface area contributed by atoms with Crippen molar-refractivity contribution in [1.82, 2.24) is 0 Å². The van der Waals surface area contributed by atoms with E-state index in [-0.39, 0.29) is 17.1 Å². The number of unbranched alkanes of at least 4 members (excludes halogenated alkanes) is 1. The molecule has 1 aliphatic rings. The summed E-state index contributed by atoms with van der Waals surface area (Å²) in [5.41, 5.74) is 1.79. The molecule has 190 valence electrons. The summed E-state index contributed by atoms with van der Waals surface area (Å²) >= 11 is 6.95. The highest BCUT2D eigenvalue weighted by Crippen LogP contribution is 2.44. The number of anilines is 1. The Labute approximate surface area is 231 Å². The van der Waals surface area contributed by atoms with Gasteiger partial charge in [-0.25, -0.2) is 0 Å². The SMILES string of the molecule is CCCCOc1ccc(C2c3c(oc4ccc(Br)cc4c3=O)C(=O)N2c2cccc(Br)c2)cc1OCC. The van der Waals surface area contributed by atoms with Gasteiger partial charge in [-0.1, -0.05) is 57.3 Å². The summed E-state index contributed by atoms with van der Waals surface area (Å²) in [4.78, 5) is 29.3. The molecule has 37 heavy (non-hydrogen) atoms. The highest BCUT2D eigenvalue weighted by Gasteiger charge is 2.44. The molecule has 8 heteroatoms. The van der Waals surface area contributed by atoms with Crippen LogP contribution in [0.5, 0.6) is 11.5 Å². The molecule has 0 saturated heterocycles. The molecule has 1 amide bonds. The van der Waals surface area contributed by atoms with Gasteiger partial charge in [-0.2, -0.15) is 0 Å². The monoisotopic (exact) mass is 625 g/mol. The second-order valence-corrected chi connectivity index (χ2v) is 10.5. The third-order valence-electron chi connectivity index (χ3n) is 6.26. The summed E-state index contributed by atoms with van der Waals surface area (Å²) in [6.45, 7) is 5.04. The molecule has 1 unspecified atom stereocenters. The smallest absolute Gasteiger partial charge is 0.295 e. The van der Waals surface area contributed by atoms with Crippen LogP contribution in [-0.2, 0) is 0 Å². The zero-order valence-electron chi connectivity index (χ0n) is 20.4. The molecule has 2 heterocycles. The Hall–Kier alpha value is -3.10. The summed E-state index contributed by atoms with van der Waals surface area (Å²) in [5.74, 6) is 0.874. The molecule has 0 aliphatic carbocycles. The molecule has 1 atom stereocenters. The summed E-state index contributed by atoms with van der Waals surface area (Å²) in [7, 11) is 0. The molecule has 0 N–H and O–H groups in total. The first-order valence-corrected chi connectivity index (χ1v) is 13.8. The predicted molar refractivity (Wildman–Crippen MR) is 151 cm³/mol. The van der Waals surface area contributed by atoms with Gasteiger partial charge < -0.3 is 13.9 Å². The van der Waals surface area contributed by atoms with E-state index < -0.39 is 6.04 Å². The van der Waals surface area contributed by atoms with E-state index in [1.165, 1.54) is 0 Å². The van der Waals surface area contributed by atoms with Gasteiger partial charge in [-0.15, -0.1) is 0 Å². The van der Waals surface area contributed by atoms with Crippen LogP contribution in [0.15, 0.2) is 78.8 Å². The van der Waals surface area contributed by atoms with E-state index >= 15 is 0 Å². The molecule has 1 aliphatic heterocycles. The van der Waals surface area contributed by atoms with Crippen LogP contribution in [0.4, 0.5) is 5.69 Å². The molecule has 1 aromatic heterocycles. The van der Waals surface area contributed by atoms with Crippen molar-refractivity contribution in [1.29, 1.82) is 0 Å². The lowest BCUT2D eigenvalue weighted by Gasteiger charge is -2.26. The minimum Gasteiger partial charge on any atom is -0.490 e. The van der Waals surface area contributed by atoms with Gasteiger partial charge in [0.25, 0.3) is 5.91 Å². The van der Waals surface area contributed by atoms with Crippen molar-refractivity contribution in [3.05, 3.63) is 96.7 Å². The first-order chi connectivity index (χ1) is 17.9. The number of fused-ring (bicyclic) bond motifs is 2. The predicted octanol–water partition coefficient (Wildman–Crippen LogP) is 7.65. The van der Waals surface area contributed by atoms with Gasteiger partial charge in [0.15, 0.2) is 16.9 Å². The van der Waals surface area contributed by atoms with Crippen LogP contribution in [-0.4, -0.2) is 19.1 Å². The molecular formula is C29H25Br2NO5. The summed E-state index contributed by atoms with van der Waals surface area (Å²) in [5, 5.41) is 0.409. The second kappa shape index (κ2) is 10.7. The van der Waals surface area contributed by atoms with Crippen LogP contribution in [0, 0.1) is 0 Å². The molecular weight excluding hydrogens is 602 g/mol. The lowest BCUT2D eigenvalue weighted by atomic mass is 9.97. The van der Waals surface area contributed by atoms with Gasteiger partial charge >= 0.3 is 0 Å². The van der Waals surface area contributed by atoms with E-state index in [4.69, 9.17) is 13.9 Å². The maximum Gasteiger partial charge on any atom is 0.295 e. The third kappa shape index (κ3) is 4.80. The van der Waals surface area contributed by atoms with Gasteiger partial charge in [0.05, 0.1) is 30.2 Å². The Bertz CT molecular complexity index is 1550. The van der Waals surface area contributed by atoms with Gasteiger partial charge in [0.2, 0.25) is 5.76 Å². The van der Waals surface area contributed by atoms with Crippen LogP contribution in [0.2, 0.25) is 0 Å². The molecule has 5 rings (SSSR count). The number of ether oxygens (including phenoxy) is 2. The molecule has 0 bridgehead atoms. The minimum absolute atomic E-state index is 0.0473. The Kier molecular flexibility index (Phi) is 7.40. The van der Waals surface area contributed by atoms with Gasteiger partial charge in [0.1, 0.15) is 5.58 Å². The van der Waals surface area contributed by atoms with E-state index in [2.05, 4.69) is 38.8 Å². The van der Waals surface area contributed by atoms with Gasteiger partial charge in [-0.3, -0.25) is 14.5 Å².